The number of aliphatic imine (C=N–C) groups is 1. The normalized spacial score (nSPS) is 20.1. The Hall–Kier alpha value is -2.02. The van der Waals surface area contributed by atoms with Gasteiger partial charge in [-0.25, -0.2) is 4.99 Å². The quantitative estimate of drug-likeness (QED) is 0.553. The molecule has 2 N–H and O–H groups in total. The lowest BCUT2D eigenvalue weighted by atomic mass is 9.96. The van der Waals surface area contributed by atoms with Gasteiger partial charge in [0, 0.05) is 26.7 Å². The van der Waals surface area contributed by atoms with Crippen molar-refractivity contribution in [2.75, 3.05) is 40.3 Å². The zero-order chi connectivity index (χ0) is 19.8. The van der Waals surface area contributed by atoms with Gasteiger partial charge in [-0.15, -0.1) is 0 Å². The van der Waals surface area contributed by atoms with E-state index in [4.69, 9.17) is 4.42 Å². The summed E-state index contributed by atoms with van der Waals surface area (Å²) in [4.78, 5) is 20.6. The highest BCUT2D eigenvalue weighted by atomic mass is 16.3. The first-order valence-electron chi connectivity index (χ1n) is 10.7. The van der Waals surface area contributed by atoms with Crippen molar-refractivity contribution in [3.05, 3.63) is 24.2 Å². The number of amides is 1. The van der Waals surface area contributed by atoms with E-state index in [1.54, 1.807) is 25.3 Å². The second-order valence-electron chi connectivity index (χ2n) is 8.09. The Morgan fingerprint density at radius 1 is 1.25 bits per heavy atom. The number of likely N-dealkylation sites (tertiary alicyclic amines) is 1. The van der Waals surface area contributed by atoms with E-state index in [1.165, 1.54) is 32.1 Å². The maximum atomic E-state index is 12.0. The van der Waals surface area contributed by atoms with Crippen molar-refractivity contribution in [3.63, 3.8) is 0 Å². The molecule has 3 rings (SSSR count). The van der Waals surface area contributed by atoms with Gasteiger partial charge in [-0.2, -0.15) is 0 Å². The van der Waals surface area contributed by atoms with Gasteiger partial charge in [-0.05, 0) is 50.9 Å². The van der Waals surface area contributed by atoms with Gasteiger partial charge in [-0.3, -0.25) is 9.69 Å². The average molecular weight is 390 g/mol. The number of furan rings is 1. The monoisotopic (exact) mass is 389 g/mol. The van der Waals surface area contributed by atoms with Gasteiger partial charge in [0.15, 0.2) is 5.96 Å². The Labute approximate surface area is 168 Å². The second-order valence-corrected chi connectivity index (χ2v) is 8.09. The van der Waals surface area contributed by atoms with Crippen LogP contribution < -0.4 is 10.6 Å². The third kappa shape index (κ3) is 5.99. The number of nitrogens with one attached hydrogen (secondary N) is 2. The molecule has 1 aliphatic carbocycles. The van der Waals surface area contributed by atoms with Crippen LogP contribution in [0.2, 0.25) is 0 Å². The van der Waals surface area contributed by atoms with Crippen LogP contribution in [0.25, 0.3) is 0 Å². The Balaban J connectivity index is 1.65. The number of likely N-dealkylation sites (N-methyl/N-ethyl adjacent to an activating group) is 1. The topological polar surface area (TPSA) is 73.1 Å². The fourth-order valence-electron chi connectivity index (χ4n) is 4.02. The minimum Gasteiger partial charge on any atom is -0.468 e. The molecule has 1 aromatic heterocycles. The van der Waals surface area contributed by atoms with Crippen LogP contribution in [0.3, 0.4) is 0 Å². The minimum atomic E-state index is 0.00636. The van der Waals surface area contributed by atoms with Gasteiger partial charge < -0.3 is 20.0 Å². The van der Waals surface area contributed by atoms with Crippen molar-refractivity contribution in [1.29, 1.82) is 0 Å². The Morgan fingerprint density at radius 2 is 2.00 bits per heavy atom. The van der Waals surface area contributed by atoms with Crippen molar-refractivity contribution in [2.24, 2.45) is 4.99 Å². The van der Waals surface area contributed by atoms with Crippen molar-refractivity contribution in [1.82, 2.24) is 20.4 Å². The maximum Gasteiger partial charge on any atom is 0.243 e. The van der Waals surface area contributed by atoms with E-state index in [1.807, 2.05) is 12.1 Å². The Morgan fingerprint density at radius 3 is 2.64 bits per heavy atom. The number of rotatable bonds is 7. The summed E-state index contributed by atoms with van der Waals surface area (Å²) in [5, 5.41) is 7.05. The fraction of sp³-hybridized carbons (Fsp3) is 0.714. The molecule has 7 heteroatoms. The molecule has 28 heavy (non-hydrogen) atoms. The molecule has 1 aliphatic heterocycles. The molecule has 7 nitrogen and oxygen atoms in total. The molecule has 0 radical (unpaired) electrons. The SMILES string of the molecule is CN(C)C(=O)CN=C(NCC(c1ccco1)N1CCCC1)NC1CCCCC1. The predicted octanol–water partition coefficient (Wildman–Crippen LogP) is 2.37. The highest BCUT2D eigenvalue weighted by Gasteiger charge is 2.26. The number of hydrogen-bond acceptors (Lipinski definition) is 4. The van der Waals surface area contributed by atoms with Gasteiger partial charge in [-0.1, -0.05) is 19.3 Å². The summed E-state index contributed by atoms with van der Waals surface area (Å²) >= 11 is 0. The number of hydrogen-bond donors (Lipinski definition) is 2. The maximum absolute atomic E-state index is 12.0. The molecule has 2 heterocycles. The van der Waals surface area contributed by atoms with E-state index in [-0.39, 0.29) is 18.5 Å². The van der Waals surface area contributed by atoms with Crippen LogP contribution in [0.15, 0.2) is 27.8 Å². The lowest BCUT2D eigenvalue weighted by molar-refractivity contribution is -0.127. The molecule has 1 amide bonds. The van der Waals surface area contributed by atoms with Crippen LogP contribution in [0, 0.1) is 0 Å². The lowest BCUT2D eigenvalue weighted by Gasteiger charge is -2.29. The van der Waals surface area contributed by atoms with E-state index in [0.717, 1.165) is 37.7 Å². The van der Waals surface area contributed by atoms with Crippen molar-refractivity contribution in [3.8, 4) is 0 Å². The summed E-state index contributed by atoms with van der Waals surface area (Å²) in [6.45, 7) is 3.05. The summed E-state index contributed by atoms with van der Waals surface area (Å²) in [6.07, 6.45) is 10.3. The van der Waals surface area contributed by atoms with Crippen LogP contribution in [-0.4, -0.2) is 68.0 Å². The van der Waals surface area contributed by atoms with Gasteiger partial charge >= 0.3 is 0 Å². The fourth-order valence-corrected chi connectivity index (χ4v) is 4.02. The Bertz CT molecular complexity index is 617. The molecule has 1 unspecified atom stereocenters. The second kappa shape index (κ2) is 10.5. The molecule has 0 bridgehead atoms. The van der Waals surface area contributed by atoms with Gasteiger partial charge in [0.2, 0.25) is 5.91 Å². The molecule has 0 aromatic carbocycles. The van der Waals surface area contributed by atoms with Crippen molar-refractivity contribution < 1.29 is 9.21 Å². The summed E-state index contributed by atoms with van der Waals surface area (Å²) in [5.41, 5.74) is 0. The summed E-state index contributed by atoms with van der Waals surface area (Å²) in [6, 6.07) is 4.61. The smallest absolute Gasteiger partial charge is 0.243 e. The van der Waals surface area contributed by atoms with E-state index >= 15 is 0 Å². The van der Waals surface area contributed by atoms with Crippen molar-refractivity contribution >= 4 is 11.9 Å². The van der Waals surface area contributed by atoms with Crippen LogP contribution in [-0.2, 0) is 4.79 Å². The minimum absolute atomic E-state index is 0.00636. The zero-order valence-corrected chi connectivity index (χ0v) is 17.3. The molecule has 1 saturated heterocycles. The van der Waals surface area contributed by atoms with Crippen LogP contribution in [0.4, 0.5) is 0 Å². The van der Waals surface area contributed by atoms with Crippen LogP contribution in [0.5, 0.6) is 0 Å². The number of nitrogens with zero attached hydrogens (tertiary/aromatic N) is 3. The first-order chi connectivity index (χ1) is 13.6. The molecule has 1 atom stereocenters. The van der Waals surface area contributed by atoms with E-state index in [9.17, 15) is 4.79 Å². The Kier molecular flexibility index (Phi) is 7.77. The largest absolute Gasteiger partial charge is 0.468 e. The van der Waals surface area contributed by atoms with Crippen molar-refractivity contribution in [2.45, 2.75) is 57.0 Å². The molecule has 156 valence electrons. The third-order valence-electron chi connectivity index (χ3n) is 5.73. The van der Waals surface area contributed by atoms with Gasteiger partial charge in [0.1, 0.15) is 12.3 Å². The highest BCUT2D eigenvalue weighted by molar-refractivity contribution is 5.85. The summed E-state index contributed by atoms with van der Waals surface area (Å²) in [7, 11) is 3.53. The lowest BCUT2D eigenvalue weighted by Crippen LogP contribution is -2.47. The van der Waals surface area contributed by atoms with E-state index in [2.05, 4.69) is 20.5 Å². The summed E-state index contributed by atoms with van der Waals surface area (Å²) in [5.74, 6) is 1.72. The molecule has 2 aliphatic rings. The van der Waals surface area contributed by atoms with Gasteiger partial charge in [0.05, 0.1) is 12.3 Å². The number of guanidine groups is 1. The van der Waals surface area contributed by atoms with Crippen LogP contribution in [0.1, 0.15) is 56.7 Å². The van der Waals surface area contributed by atoms with Crippen LogP contribution >= 0.6 is 0 Å². The summed E-state index contributed by atoms with van der Waals surface area (Å²) < 4.78 is 5.72. The molecular formula is C21H35N5O2. The van der Waals surface area contributed by atoms with E-state index < -0.39 is 0 Å². The molecule has 0 spiro atoms. The molecule has 1 aromatic rings. The average Bonchev–Trinajstić information content (AvgIpc) is 3.41. The standard InChI is InChI=1S/C21H35N5O2/c1-25(2)20(27)16-23-21(24-17-9-4-3-5-10-17)22-15-18(19-11-8-14-28-19)26-12-6-7-13-26/h8,11,14,17-18H,3-7,9-10,12-13,15-16H2,1-2H3,(H2,22,23,24). The molecule has 2 fully saturated rings. The molecule has 1 saturated carbocycles. The molecular weight excluding hydrogens is 354 g/mol. The number of carbonyl (C=O) groups excluding carboxylic acids is 1. The third-order valence-corrected chi connectivity index (χ3v) is 5.73. The first-order valence-corrected chi connectivity index (χ1v) is 10.7. The number of carbonyl (C=O) groups is 1. The zero-order valence-electron chi connectivity index (χ0n) is 17.3. The van der Waals surface area contributed by atoms with E-state index in [0.29, 0.717) is 12.6 Å². The predicted molar refractivity (Wildman–Crippen MR) is 111 cm³/mol. The highest BCUT2D eigenvalue weighted by Crippen LogP contribution is 2.25. The van der Waals surface area contributed by atoms with Gasteiger partial charge in [0.25, 0.3) is 0 Å². The first kappa shape index (κ1) is 20.7.